The molecule has 0 aliphatic rings. The molecular formula is C13H15ClN4S. The molecule has 100 valence electrons. The molecule has 0 saturated heterocycles. The van der Waals surface area contributed by atoms with Gasteiger partial charge in [-0.1, -0.05) is 23.7 Å². The first-order valence-electron chi connectivity index (χ1n) is 5.82. The van der Waals surface area contributed by atoms with Crippen LogP contribution in [0.4, 0.5) is 5.69 Å². The standard InChI is InChI=1S/C13H15ClN4S/c1-8-12(16-13(15)19)9(2)18(17-8)7-10-3-5-11(14)6-4-10/h3-6H,7H2,1-2H3,(H3,15,16,19). The topological polar surface area (TPSA) is 55.9 Å². The van der Waals surface area contributed by atoms with Crippen LogP contribution in [0.15, 0.2) is 24.3 Å². The third kappa shape index (κ3) is 3.24. The molecule has 2 rings (SSSR count). The van der Waals surface area contributed by atoms with Crippen LogP contribution in [-0.2, 0) is 6.54 Å². The van der Waals surface area contributed by atoms with E-state index in [1.807, 2.05) is 42.8 Å². The van der Waals surface area contributed by atoms with Crippen LogP contribution in [0.5, 0.6) is 0 Å². The van der Waals surface area contributed by atoms with Crippen molar-refractivity contribution in [1.29, 1.82) is 0 Å². The second-order valence-electron chi connectivity index (χ2n) is 4.32. The number of anilines is 1. The van der Waals surface area contributed by atoms with Crippen LogP contribution in [0.2, 0.25) is 5.02 Å². The van der Waals surface area contributed by atoms with Crippen LogP contribution in [0.1, 0.15) is 17.0 Å². The molecule has 19 heavy (non-hydrogen) atoms. The van der Waals surface area contributed by atoms with Gasteiger partial charge in [0.25, 0.3) is 0 Å². The molecule has 0 amide bonds. The zero-order valence-electron chi connectivity index (χ0n) is 10.8. The Labute approximate surface area is 122 Å². The van der Waals surface area contributed by atoms with E-state index in [1.54, 1.807) is 0 Å². The average Bonchev–Trinajstić information content (AvgIpc) is 2.60. The molecule has 0 unspecified atom stereocenters. The number of nitrogens with two attached hydrogens (primary N) is 1. The van der Waals surface area contributed by atoms with Gasteiger partial charge in [-0.2, -0.15) is 5.10 Å². The summed E-state index contributed by atoms with van der Waals surface area (Å²) in [6.07, 6.45) is 0. The third-order valence-electron chi connectivity index (χ3n) is 2.88. The largest absolute Gasteiger partial charge is 0.376 e. The summed E-state index contributed by atoms with van der Waals surface area (Å²) in [6, 6.07) is 7.71. The number of aromatic nitrogens is 2. The van der Waals surface area contributed by atoms with Crippen LogP contribution < -0.4 is 11.1 Å². The maximum atomic E-state index is 5.87. The van der Waals surface area contributed by atoms with Crippen LogP contribution >= 0.6 is 23.8 Å². The number of nitrogens with one attached hydrogen (secondary N) is 1. The van der Waals surface area contributed by atoms with Crippen molar-refractivity contribution in [1.82, 2.24) is 9.78 Å². The quantitative estimate of drug-likeness (QED) is 0.855. The Balaban J connectivity index is 2.26. The van der Waals surface area contributed by atoms with E-state index in [2.05, 4.69) is 10.4 Å². The minimum atomic E-state index is 0.247. The number of halogens is 1. The van der Waals surface area contributed by atoms with Crippen LogP contribution in [0, 0.1) is 13.8 Å². The van der Waals surface area contributed by atoms with Gasteiger partial charge in [-0.05, 0) is 43.8 Å². The Morgan fingerprint density at radius 2 is 2.00 bits per heavy atom. The summed E-state index contributed by atoms with van der Waals surface area (Å²) >= 11 is 10.7. The highest BCUT2D eigenvalue weighted by atomic mass is 35.5. The summed E-state index contributed by atoms with van der Waals surface area (Å²) < 4.78 is 1.92. The fourth-order valence-electron chi connectivity index (χ4n) is 1.92. The SMILES string of the molecule is Cc1nn(Cc2ccc(Cl)cc2)c(C)c1NC(N)=S. The smallest absolute Gasteiger partial charge is 0.168 e. The summed E-state index contributed by atoms with van der Waals surface area (Å²) in [6.45, 7) is 4.59. The summed E-state index contributed by atoms with van der Waals surface area (Å²) in [5.74, 6) is 0. The maximum Gasteiger partial charge on any atom is 0.168 e. The van der Waals surface area contributed by atoms with Gasteiger partial charge in [0.2, 0.25) is 0 Å². The van der Waals surface area contributed by atoms with E-state index in [0.717, 1.165) is 27.7 Å². The van der Waals surface area contributed by atoms with E-state index in [1.165, 1.54) is 0 Å². The number of rotatable bonds is 3. The van der Waals surface area contributed by atoms with E-state index in [-0.39, 0.29) is 5.11 Å². The van der Waals surface area contributed by atoms with Gasteiger partial charge in [0.05, 0.1) is 23.6 Å². The van der Waals surface area contributed by atoms with Crippen molar-refractivity contribution < 1.29 is 0 Å². The van der Waals surface area contributed by atoms with Crippen LogP contribution in [0.25, 0.3) is 0 Å². The molecule has 0 fully saturated rings. The number of hydrogen-bond acceptors (Lipinski definition) is 2. The highest BCUT2D eigenvalue weighted by molar-refractivity contribution is 7.80. The van der Waals surface area contributed by atoms with Crippen molar-refractivity contribution in [3.05, 3.63) is 46.2 Å². The first kappa shape index (κ1) is 13.8. The van der Waals surface area contributed by atoms with Crippen molar-refractivity contribution in [3.8, 4) is 0 Å². The minimum Gasteiger partial charge on any atom is -0.376 e. The first-order chi connectivity index (χ1) is 8.97. The van der Waals surface area contributed by atoms with Crippen molar-refractivity contribution in [3.63, 3.8) is 0 Å². The zero-order chi connectivity index (χ0) is 14.0. The molecule has 0 saturated carbocycles. The molecule has 0 atom stereocenters. The molecular weight excluding hydrogens is 280 g/mol. The predicted octanol–water partition coefficient (Wildman–Crippen LogP) is 2.86. The Kier molecular flexibility index (Phi) is 4.07. The highest BCUT2D eigenvalue weighted by Crippen LogP contribution is 2.20. The van der Waals surface area contributed by atoms with E-state index in [4.69, 9.17) is 29.6 Å². The molecule has 0 aliphatic carbocycles. The normalized spacial score (nSPS) is 10.5. The molecule has 0 bridgehead atoms. The summed E-state index contributed by atoms with van der Waals surface area (Å²) in [5, 5.41) is 8.43. The van der Waals surface area contributed by atoms with Gasteiger partial charge in [-0.15, -0.1) is 0 Å². The third-order valence-corrected chi connectivity index (χ3v) is 3.23. The molecule has 1 heterocycles. The van der Waals surface area contributed by atoms with Gasteiger partial charge in [0.1, 0.15) is 0 Å². The molecule has 3 N–H and O–H groups in total. The van der Waals surface area contributed by atoms with Crippen LogP contribution in [-0.4, -0.2) is 14.9 Å². The van der Waals surface area contributed by atoms with Gasteiger partial charge in [0, 0.05) is 5.02 Å². The Morgan fingerprint density at radius 3 is 2.58 bits per heavy atom. The van der Waals surface area contributed by atoms with Gasteiger partial charge in [0.15, 0.2) is 5.11 Å². The zero-order valence-corrected chi connectivity index (χ0v) is 12.3. The second-order valence-corrected chi connectivity index (χ2v) is 5.20. The molecule has 0 aliphatic heterocycles. The molecule has 2 aromatic rings. The monoisotopic (exact) mass is 294 g/mol. The second kappa shape index (κ2) is 5.59. The van der Waals surface area contributed by atoms with Crippen LogP contribution in [0.3, 0.4) is 0 Å². The fourth-order valence-corrected chi connectivity index (χ4v) is 2.15. The molecule has 1 aromatic carbocycles. The summed E-state index contributed by atoms with van der Waals surface area (Å²) in [4.78, 5) is 0. The Hall–Kier alpha value is -1.59. The van der Waals surface area contributed by atoms with Gasteiger partial charge >= 0.3 is 0 Å². The van der Waals surface area contributed by atoms with Crippen molar-refractivity contribution in [2.75, 3.05) is 5.32 Å². The molecule has 6 heteroatoms. The lowest BCUT2D eigenvalue weighted by Crippen LogP contribution is -2.19. The van der Waals surface area contributed by atoms with Gasteiger partial charge < -0.3 is 11.1 Å². The van der Waals surface area contributed by atoms with Crippen molar-refractivity contribution >= 4 is 34.6 Å². The van der Waals surface area contributed by atoms with E-state index in [0.29, 0.717) is 6.54 Å². The highest BCUT2D eigenvalue weighted by Gasteiger charge is 2.11. The predicted molar refractivity (Wildman–Crippen MR) is 82.7 cm³/mol. The van der Waals surface area contributed by atoms with Crippen molar-refractivity contribution in [2.24, 2.45) is 5.73 Å². The van der Waals surface area contributed by atoms with E-state index < -0.39 is 0 Å². The van der Waals surface area contributed by atoms with E-state index >= 15 is 0 Å². The van der Waals surface area contributed by atoms with Gasteiger partial charge in [-0.25, -0.2) is 0 Å². The summed E-state index contributed by atoms with van der Waals surface area (Å²) in [7, 11) is 0. The number of thiocarbonyl (C=S) groups is 1. The Bertz CT molecular complexity index is 604. The lowest BCUT2D eigenvalue weighted by molar-refractivity contribution is 0.659. The number of hydrogen-bond donors (Lipinski definition) is 2. The van der Waals surface area contributed by atoms with Gasteiger partial charge in [-0.3, -0.25) is 4.68 Å². The molecule has 1 aromatic heterocycles. The maximum absolute atomic E-state index is 5.87. The first-order valence-corrected chi connectivity index (χ1v) is 6.61. The lowest BCUT2D eigenvalue weighted by atomic mass is 10.2. The molecule has 0 radical (unpaired) electrons. The number of nitrogens with zero attached hydrogens (tertiary/aromatic N) is 2. The number of aryl methyl sites for hydroxylation is 1. The summed E-state index contributed by atoms with van der Waals surface area (Å²) in [5.41, 5.74) is 9.40. The average molecular weight is 295 g/mol. The number of benzene rings is 1. The van der Waals surface area contributed by atoms with E-state index in [9.17, 15) is 0 Å². The molecule has 4 nitrogen and oxygen atoms in total. The Morgan fingerprint density at radius 1 is 1.37 bits per heavy atom. The van der Waals surface area contributed by atoms with Crippen molar-refractivity contribution in [2.45, 2.75) is 20.4 Å². The minimum absolute atomic E-state index is 0.247. The lowest BCUT2D eigenvalue weighted by Gasteiger charge is -2.06. The molecule has 0 spiro atoms. The fraction of sp³-hybridized carbons (Fsp3) is 0.231.